The van der Waals surface area contributed by atoms with Crippen molar-refractivity contribution in [1.82, 2.24) is 15.6 Å². The highest BCUT2D eigenvalue weighted by atomic mass is 16.5. The maximum atomic E-state index is 5.18. The summed E-state index contributed by atoms with van der Waals surface area (Å²) >= 11 is 0. The second-order valence-electron chi connectivity index (χ2n) is 3.52. The first kappa shape index (κ1) is 14.2. The van der Waals surface area contributed by atoms with Gasteiger partial charge in [-0.3, -0.25) is 4.99 Å². The topological polar surface area (TPSA) is 67.8 Å². The zero-order valence-electron chi connectivity index (χ0n) is 11.1. The van der Waals surface area contributed by atoms with Gasteiger partial charge in [0.2, 0.25) is 5.88 Å². The molecule has 0 aliphatic heterocycles. The van der Waals surface area contributed by atoms with Crippen LogP contribution >= 0.6 is 0 Å². The number of hydrogen-bond donors (Lipinski definition) is 2. The van der Waals surface area contributed by atoms with E-state index in [4.69, 9.17) is 9.47 Å². The van der Waals surface area contributed by atoms with Gasteiger partial charge in [-0.25, -0.2) is 4.98 Å². The first-order valence-corrected chi connectivity index (χ1v) is 5.73. The molecule has 0 unspecified atom stereocenters. The van der Waals surface area contributed by atoms with Crippen LogP contribution < -0.4 is 15.4 Å². The Morgan fingerprint density at radius 2 is 2.22 bits per heavy atom. The van der Waals surface area contributed by atoms with Crippen LogP contribution in [0, 0.1) is 0 Å². The van der Waals surface area contributed by atoms with Gasteiger partial charge in [-0.15, -0.1) is 0 Å². The van der Waals surface area contributed by atoms with Gasteiger partial charge < -0.3 is 20.1 Å². The fourth-order valence-electron chi connectivity index (χ4n) is 1.41. The maximum Gasteiger partial charge on any atom is 0.218 e. The highest BCUT2D eigenvalue weighted by Gasteiger charge is 2.04. The number of nitrogens with zero attached hydrogens (tertiary/aromatic N) is 2. The van der Waals surface area contributed by atoms with E-state index in [1.165, 1.54) is 0 Å². The Bertz CT molecular complexity index is 382. The Morgan fingerprint density at radius 1 is 1.39 bits per heavy atom. The Hall–Kier alpha value is -1.82. The van der Waals surface area contributed by atoms with Gasteiger partial charge in [0.25, 0.3) is 0 Å². The fourth-order valence-corrected chi connectivity index (χ4v) is 1.41. The van der Waals surface area contributed by atoms with Crippen LogP contribution in [0.25, 0.3) is 0 Å². The van der Waals surface area contributed by atoms with Gasteiger partial charge in [-0.1, -0.05) is 6.07 Å². The summed E-state index contributed by atoms with van der Waals surface area (Å²) in [7, 11) is 5.00. The molecule has 6 heteroatoms. The van der Waals surface area contributed by atoms with E-state index in [1.54, 1.807) is 27.5 Å². The summed E-state index contributed by atoms with van der Waals surface area (Å²) in [6.45, 7) is 1.95. The molecule has 6 nitrogen and oxygen atoms in total. The number of ether oxygens (including phenoxy) is 2. The molecule has 0 bridgehead atoms. The Kier molecular flexibility index (Phi) is 6.56. The molecule has 100 valence electrons. The predicted octanol–water partition coefficient (Wildman–Crippen LogP) is 0.402. The van der Waals surface area contributed by atoms with Crippen LogP contribution in [0.3, 0.4) is 0 Å². The molecule has 0 fully saturated rings. The van der Waals surface area contributed by atoms with E-state index in [1.807, 2.05) is 12.1 Å². The van der Waals surface area contributed by atoms with Gasteiger partial charge in [-0.2, -0.15) is 0 Å². The smallest absolute Gasteiger partial charge is 0.218 e. The normalized spacial score (nSPS) is 11.2. The Balaban J connectivity index is 2.47. The molecule has 18 heavy (non-hydrogen) atoms. The minimum atomic E-state index is 0.601. The highest BCUT2D eigenvalue weighted by Crippen LogP contribution is 2.12. The van der Waals surface area contributed by atoms with Crippen LogP contribution in [0.15, 0.2) is 23.3 Å². The molecule has 0 spiro atoms. The van der Waals surface area contributed by atoms with Crippen molar-refractivity contribution in [2.45, 2.75) is 6.54 Å². The van der Waals surface area contributed by atoms with Gasteiger partial charge in [0.1, 0.15) is 0 Å². The lowest BCUT2D eigenvalue weighted by Crippen LogP contribution is -2.38. The SMILES string of the molecule is CN=C(NCCOC)NCc1cccnc1OC. The van der Waals surface area contributed by atoms with E-state index in [0.29, 0.717) is 25.6 Å². The van der Waals surface area contributed by atoms with E-state index in [0.717, 1.165) is 11.5 Å². The second-order valence-corrected chi connectivity index (χ2v) is 3.52. The molecule has 0 saturated heterocycles. The number of aliphatic imine (C=N–C) groups is 1. The maximum absolute atomic E-state index is 5.18. The van der Waals surface area contributed by atoms with Gasteiger partial charge in [-0.05, 0) is 6.07 Å². The molecule has 1 rings (SSSR count). The van der Waals surface area contributed by atoms with Gasteiger partial charge >= 0.3 is 0 Å². The number of pyridine rings is 1. The lowest BCUT2D eigenvalue weighted by molar-refractivity contribution is 0.203. The quantitative estimate of drug-likeness (QED) is 0.436. The number of aromatic nitrogens is 1. The van der Waals surface area contributed by atoms with Crippen LogP contribution in [-0.2, 0) is 11.3 Å². The summed E-state index contributed by atoms with van der Waals surface area (Å²) in [5.41, 5.74) is 0.981. The molecule has 1 aromatic rings. The van der Waals surface area contributed by atoms with Gasteiger partial charge in [0.05, 0.1) is 13.7 Å². The zero-order chi connectivity index (χ0) is 13.2. The van der Waals surface area contributed by atoms with E-state index >= 15 is 0 Å². The largest absolute Gasteiger partial charge is 0.481 e. The monoisotopic (exact) mass is 252 g/mol. The van der Waals surface area contributed by atoms with Crippen molar-refractivity contribution < 1.29 is 9.47 Å². The molecule has 0 aliphatic carbocycles. The molecule has 0 saturated carbocycles. The summed E-state index contributed by atoms with van der Waals surface area (Å²) in [5, 5.41) is 6.31. The predicted molar refractivity (Wildman–Crippen MR) is 70.9 cm³/mol. The lowest BCUT2D eigenvalue weighted by atomic mass is 10.3. The molecule has 0 radical (unpaired) electrons. The molecular weight excluding hydrogens is 232 g/mol. The zero-order valence-corrected chi connectivity index (χ0v) is 11.1. The minimum Gasteiger partial charge on any atom is -0.481 e. The van der Waals surface area contributed by atoms with Crippen molar-refractivity contribution in [3.05, 3.63) is 23.9 Å². The summed E-state index contributed by atoms with van der Waals surface area (Å²) in [4.78, 5) is 8.24. The van der Waals surface area contributed by atoms with Crippen LogP contribution in [0.5, 0.6) is 5.88 Å². The average molecular weight is 252 g/mol. The molecule has 2 N–H and O–H groups in total. The fraction of sp³-hybridized carbons (Fsp3) is 0.500. The molecule has 0 aliphatic rings. The van der Waals surface area contributed by atoms with Crippen molar-refractivity contribution in [2.24, 2.45) is 4.99 Å². The first-order valence-electron chi connectivity index (χ1n) is 5.73. The molecule has 0 atom stereocenters. The third-order valence-corrected chi connectivity index (χ3v) is 2.31. The molecular formula is C12H20N4O2. The summed E-state index contributed by atoms with van der Waals surface area (Å²) < 4.78 is 10.1. The van der Waals surface area contributed by atoms with Crippen LogP contribution in [-0.4, -0.2) is 45.4 Å². The van der Waals surface area contributed by atoms with Crippen LogP contribution in [0.4, 0.5) is 0 Å². The molecule has 0 amide bonds. The minimum absolute atomic E-state index is 0.601. The third kappa shape index (κ3) is 4.58. The van der Waals surface area contributed by atoms with Crippen molar-refractivity contribution >= 4 is 5.96 Å². The standard InChI is InChI=1S/C12H20N4O2/c1-13-12(15-7-8-17-2)16-9-10-5-4-6-14-11(10)18-3/h4-6H,7-9H2,1-3H3,(H2,13,15,16). The summed E-state index contributed by atoms with van der Waals surface area (Å²) in [6, 6.07) is 3.84. The van der Waals surface area contributed by atoms with E-state index in [9.17, 15) is 0 Å². The molecule has 1 aromatic heterocycles. The summed E-state index contributed by atoms with van der Waals surface area (Å²) in [5.74, 6) is 1.34. The van der Waals surface area contributed by atoms with Gasteiger partial charge in [0, 0.05) is 39.0 Å². The van der Waals surface area contributed by atoms with Crippen molar-refractivity contribution in [1.29, 1.82) is 0 Å². The molecule has 1 heterocycles. The lowest BCUT2D eigenvalue weighted by Gasteiger charge is -2.12. The third-order valence-electron chi connectivity index (χ3n) is 2.31. The Labute approximate surface area is 107 Å². The highest BCUT2D eigenvalue weighted by molar-refractivity contribution is 5.79. The van der Waals surface area contributed by atoms with Crippen LogP contribution in [0.1, 0.15) is 5.56 Å². The number of nitrogens with one attached hydrogen (secondary N) is 2. The van der Waals surface area contributed by atoms with E-state index in [-0.39, 0.29) is 0 Å². The number of rotatable bonds is 6. The van der Waals surface area contributed by atoms with Crippen molar-refractivity contribution in [3.63, 3.8) is 0 Å². The van der Waals surface area contributed by atoms with Crippen molar-refractivity contribution in [2.75, 3.05) is 34.4 Å². The van der Waals surface area contributed by atoms with Gasteiger partial charge in [0.15, 0.2) is 5.96 Å². The average Bonchev–Trinajstić information content (AvgIpc) is 2.43. The number of methoxy groups -OCH3 is 2. The number of guanidine groups is 1. The molecule has 0 aromatic carbocycles. The van der Waals surface area contributed by atoms with Crippen LogP contribution in [0.2, 0.25) is 0 Å². The van der Waals surface area contributed by atoms with E-state index < -0.39 is 0 Å². The Morgan fingerprint density at radius 3 is 2.89 bits per heavy atom. The van der Waals surface area contributed by atoms with Crippen molar-refractivity contribution in [3.8, 4) is 5.88 Å². The second kappa shape index (κ2) is 8.30. The number of hydrogen-bond acceptors (Lipinski definition) is 4. The summed E-state index contributed by atoms with van der Waals surface area (Å²) in [6.07, 6.45) is 1.70. The van der Waals surface area contributed by atoms with E-state index in [2.05, 4.69) is 20.6 Å². The first-order chi connectivity index (χ1) is 8.81.